The van der Waals surface area contributed by atoms with Crippen LogP contribution in [0.4, 0.5) is 28.9 Å². The van der Waals surface area contributed by atoms with Gasteiger partial charge < -0.3 is 4.90 Å². The van der Waals surface area contributed by atoms with Gasteiger partial charge in [0, 0.05) is 26.2 Å². The Balaban J connectivity index is 2.08. The summed E-state index contributed by atoms with van der Waals surface area (Å²) in [6.45, 7) is -0.394. The molecule has 0 atom stereocenters. The summed E-state index contributed by atoms with van der Waals surface area (Å²) >= 11 is 0. The lowest BCUT2D eigenvalue weighted by Gasteiger charge is -2.37. The molecule has 0 spiro atoms. The van der Waals surface area contributed by atoms with Gasteiger partial charge in [0.05, 0.1) is 17.7 Å². The monoisotopic (exact) mass is 523 g/mol. The summed E-state index contributed by atoms with van der Waals surface area (Å²) in [5.74, 6) is -1.83. The van der Waals surface area contributed by atoms with Crippen LogP contribution >= 0.6 is 0 Å². The van der Waals surface area contributed by atoms with Gasteiger partial charge in [-0.1, -0.05) is 36.4 Å². The predicted molar refractivity (Wildman–Crippen MR) is 122 cm³/mol. The van der Waals surface area contributed by atoms with Crippen molar-refractivity contribution < 1.29 is 34.4 Å². The van der Waals surface area contributed by atoms with Crippen molar-refractivity contribution in [2.45, 2.75) is 18.9 Å². The third-order valence-corrected chi connectivity index (χ3v) is 8.42. The van der Waals surface area contributed by atoms with Crippen LogP contribution in [0.1, 0.15) is 11.1 Å². The van der Waals surface area contributed by atoms with Crippen molar-refractivity contribution in [3.05, 3.63) is 59.4 Å². The topological polar surface area (TPSA) is 78.0 Å². The minimum atomic E-state index is -4.94. The number of hydrogen-bond acceptors (Lipinski definition) is 5. The van der Waals surface area contributed by atoms with Gasteiger partial charge in [-0.05, 0) is 24.1 Å². The van der Waals surface area contributed by atoms with E-state index in [0.29, 0.717) is 0 Å². The molecule has 0 aromatic heterocycles. The van der Waals surface area contributed by atoms with Crippen LogP contribution < -0.4 is 9.21 Å². The Morgan fingerprint density at radius 3 is 2.06 bits per heavy atom. The van der Waals surface area contributed by atoms with Gasteiger partial charge in [-0.2, -0.15) is 17.5 Å². The maximum absolute atomic E-state index is 15.4. The van der Waals surface area contributed by atoms with Crippen molar-refractivity contribution in [2.24, 2.45) is 0 Å². The molecule has 0 bridgehead atoms. The molecule has 2 aromatic carbocycles. The highest BCUT2D eigenvalue weighted by Gasteiger charge is 2.40. The van der Waals surface area contributed by atoms with Gasteiger partial charge >= 0.3 is 6.18 Å². The molecule has 1 saturated heterocycles. The third-order valence-electron chi connectivity index (χ3n) is 5.44. The smallest absolute Gasteiger partial charge is 0.367 e. The average molecular weight is 524 g/mol. The van der Waals surface area contributed by atoms with E-state index in [2.05, 4.69) is 0 Å². The highest BCUT2D eigenvalue weighted by atomic mass is 32.2. The molecule has 188 valence electrons. The number of piperazine rings is 1. The first kappa shape index (κ1) is 26.2. The summed E-state index contributed by atoms with van der Waals surface area (Å²) in [5, 5.41) is 0. The lowest BCUT2D eigenvalue weighted by atomic mass is 10.1. The molecule has 0 amide bonds. The van der Waals surface area contributed by atoms with E-state index in [9.17, 15) is 30.0 Å². The van der Waals surface area contributed by atoms with Crippen LogP contribution in [0.15, 0.2) is 42.5 Å². The molecule has 3 rings (SSSR count). The van der Waals surface area contributed by atoms with Crippen molar-refractivity contribution in [1.29, 1.82) is 0 Å². The molecule has 2 aromatic rings. The second kappa shape index (κ2) is 9.70. The molecule has 0 radical (unpaired) electrons. The zero-order valence-corrected chi connectivity index (χ0v) is 20.2. The molecule has 1 aliphatic heterocycles. The van der Waals surface area contributed by atoms with Crippen molar-refractivity contribution in [3.8, 4) is 0 Å². The van der Waals surface area contributed by atoms with Gasteiger partial charge in [-0.25, -0.2) is 21.2 Å². The summed E-state index contributed by atoms with van der Waals surface area (Å²) in [6, 6.07) is 10.4. The Labute approximate surface area is 196 Å². The average Bonchev–Trinajstić information content (AvgIpc) is 2.73. The Bertz CT molecular complexity index is 1230. The second-order valence-corrected chi connectivity index (χ2v) is 12.0. The number of aryl methyl sites for hydroxylation is 1. The molecule has 1 heterocycles. The Kier molecular flexibility index (Phi) is 7.48. The molecule has 7 nitrogen and oxygen atoms in total. The quantitative estimate of drug-likeness (QED) is 0.522. The van der Waals surface area contributed by atoms with E-state index in [1.165, 1.54) is 40.4 Å². The maximum atomic E-state index is 15.4. The van der Waals surface area contributed by atoms with E-state index in [-0.39, 0.29) is 47.3 Å². The van der Waals surface area contributed by atoms with Crippen LogP contribution in [0.5, 0.6) is 0 Å². The Morgan fingerprint density at radius 1 is 0.941 bits per heavy atom. The first-order chi connectivity index (χ1) is 15.7. The third kappa shape index (κ3) is 6.19. The van der Waals surface area contributed by atoms with Gasteiger partial charge in [0.1, 0.15) is 12.2 Å². The highest BCUT2D eigenvalue weighted by Crippen LogP contribution is 2.38. The molecule has 0 N–H and O–H groups in total. The number of sulfonamides is 2. The number of rotatable bonds is 7. The number of alkyl halides is 3. The normalized spacial score (nSPS) is 16.0. The van der Waals surface area contributed by atoms with Gasteiger partial charge in [-0.3, -0.25) is 4.31 Å². The standard InChI is InChI=1S/C21H25F4N3O4S2/c1-16-8-9-18(26-10-12-27(13-11-26)33(2,29)30)20(19(16)22)28(15-21(23,24)25)34(31,32)14-17-6-4-3-5-7-17/h3-9H,10-15H2,1-2H3. The first-order valence-corrected chi connectivity index (χ1v) is 13.7. The van der Waals surface area contributed by atoms with Crippen LogP contribution in [0.3, 0.4) is 0 Å². The first-order valence-electron chi connectivity index (χ1n) is 10.3. The van der Waals surface area contributed by atoms with E-state index in [1.807, 2.05) is 0 Å². The molecular weight excluding hydrogens is 498 g/mol. The van der Waals surface area contributed by atoms with E-state index in [1.54, 1.807) is 18.2 Å². The lowest BCUT2D eigenvalue weighted by molar-refractivity contribution is -0.117. The zero-order valence-electron chi connectivity index (χ0n) is 18.6. The van der Waals surface area contributed by atoms with E-state index >= 15 is 4.39 Å². The molecule has 0 saturated carbocycles. The van der Waals surface area contributed by atoms with Crippen LogP contribution in [0.2, 0.25) is 0 Å². The van der Waals surface area contributed by atoms with Crippen LogP contribution in [-0.4, -0.2) is 66.3 Å². The van der Waals surface area contributed by atoms with Crippen molar-refractivity contribution in [3.63, 3.8) is 0 Å². The number of benzene rings is 2. The predicted octanol–water partition coefficient (Wildman–Crippen LogP) is 3.11. The van der Waals surface area contributed by atoms with Gasteiger partial charge in [0.15, 0.2) is 5.82 Å². The molecule has 0 aliphatic carbocycles. The van der Waals surface area contributed by atoms with Gasteiger partial charge in [-0.15, -0.1) is 0 Å². The van der Waals surface area contributed by atoms with E-state index in [0.717, 1.165) is 6.26 Å². The fourth-order valence-electron chi connectivity index (χ4n) is 3.75. The van der Waals surface area contributed by atoms with Crippen molar-refractivity contribution in [2.75, 3.05) is 48.2 Å². The fraction of sp³-hybridized carbons (Fsp3) is 0.429. The minimum absolute atomic E-state index is 0.0180. The van der Waals surface area contributed by atoms with Crippen molar-refractivity contribution >= 4 is 31.4 Å². The summed E-state index contributed by atoms with van der Waals surface area (Å²) in [5.41, 5.74) is -0.500. The number of anilines is 2. The molecule has 1 aliphatic rings. The lowest BCUT2D eigenvalue weighted by Crippen LogP contribution is -2.49. The summed E-state index contributed by atoms with van der Waals surface area (Å²) in [7, 11) is -8.13. The fourth-order valence-corrected chi connectivity index (χ4v) is 6.14. The van der Waals surface area contributed by atoms with E-state index < -0.39 is 50.0 Å². The number of nitrogens with zero attached hydrogens (tertiary/aromatic N) is 3. The van der Waals surface area contributed by atoms with E-state index in [4.69, 9.17) is 0 Å². The zero-order chi connectivity index (χ0) is 25.3. The minimum Gasteiger partial charge on any atom is -0.367 e. The Hall–Kier alpha value is -2.38. The van der Waals surface area contributed by atoms with Crippen LogP contribution in [0.25, 0.3) is 0 Å². The second-order valence-electron chi connectivity index (χ2n) is 8.08. The molecule has 34 heavy (non-hydrogen) atoms. The maximum Gasteiger partial charge on any atom is 0.407 e. The van der Waals surface area contributed by atoms with Gasteiger partial charge in [0.2, 0.25) is 20.0 Å². The largest absolute Gasteiger partial charge is 0.407 e. The number of halogens is 4. The molecular formula is C21H25F4N3O4S2. The SMILES string of the molecule is Cc1ccc(N2CCN(S(C)(=O)=O)CC2)c(N(CC(F)(F)F)S(=O)(=O)Cc2ccccc2)c1F. The highest BCUT2D eigenvalue weighted by molar-refractivity contribution is 7.92. The summed E-state index contributed by atoms with van der Waals surface area (Å²) < 4.78 is 107. The van der Waals surface area contributed by atoms with Crippen molar-refractivity contribution in [1.82, 2.24) is 4.31 Å². The summed E-state index contributed by atoms with van der Waals surface area (Å²) in [4.78, 5) is 1.50. The van der Waals surface area contributed by atoms with Gasteiger partial charge in [0.25, 0.3) is 0 Å². The Morgan fingerprint density at radius 2 is 1.53 bits per heavy atom. The molecule has 0 unspecified atom stereocenters. The molecule has 1 fully saturated rings. The summed E-state index contributed by atoms with van der Waals surface area (Å²) in [6.07, 6.45) is -3.90. The molecule has 13 heteroatoms. The van der Waals surface area contributed by atoms with Crippen LogP contribution in [0, 0.1) is 12.7 Å². The van der Waals surface area contributed by atoms with Crippen LogP contribution in [-0.2, 0) is 25.8 Å². The number of hydrogen-bond donors (Lipinski definition) is 0.